The number of nitrogens with one attached hydrogen (secondary N) is 1. The van der Waals surface area contributed by atoms with Crippen molar-refractivity contribution in [2.75, 3.05) is 24.3 Å². The van der Waals surface area contributed by atoms with Gasteiger partial charge in [-0.25, -0.2) is 8.42 Å². The van der Waals surface area contributed by atoms with Crippen LogP contribution in [0.1, 0.15) is 29.7 Å². The average molecular weight is 483 g/mol. The van der Waals surface area contributed by atoms with Crippen molar-refractivity contribution in [3.63, 3.8) is 0 Å². The lowest BCUT2D eigenvalue weighted by Crippen LogP contribution is -2.31. The molecule has 3 rings (SSSR count). The Hall–Kier alpha value is -3.52. The zero-order chi connectivity index (χ0) is 24.7. The molecule has 0 heterocycles. The molecule has 0 aromatic heterocycles. The van der Waals surface area contributed by atoms with Crippen LogP contribution in [0.4, 0.5) is 5.69 Å². The van der Waals surface area contributed by atoms with E-state index < -0.39 is 10.0 Å². The molecule has 3 aromatic carbocycles. The van der Waals surface area contributed by atoms with Crippen molar-refractivity contribution in [2.24, 2.45) is 0 Å². The van der Waals surface area contributed by atoms with Crippen LogP contribution in [0.2, 0.25) is 0 Å². The number of nitrogens with zero attached hydrogens (tertiary/aromatic N) is 1. The molecule has 0 saturated heterocycles. The number of sulfonamides is 1. The Morgan fingerprint density at radius 2 is 1.53 bits per heavy atom. The quantitative estimate of drug-likeness (QED) is 0.468. The third-order valence-corrected chi connectivity index (χ3v) is 6.48. The van der Waals surface area contributed by atoms with Gasteiger partial charge in [0.25, 0.3) is 5.91 Å². The Kier molecular flexibility index (Phi) is 8.17. The molecule has 1 amide bonds. The predicted octanol–water partition coefficient (Wildman–Crippen LogP) is 4.23. The van der Waals surface area contributed by atoms with Gasteiger partial charge in [0, 0.05) is 0 Å². The van der Waals surface area contributed by atoms with Gasteiger partial charge in [-0.3, -0.25) is 9.10 Å². The van der Waals surface area contributed by atoms with Gasteiger partial charge in [0.15, 0.2) is 6.61 Å². The van der Waals surface area contributed by atoms with E-state index in [0.717, 1.165) is 22.4 Å². The Morgan fingerprint density at radius 3 is 2.09 bits per heavy atom. The van der Waals surface area contributed by atoms with Crippen LogP contribution in [0.5, 0.6) is 11.5 Å². The monoisotopic (exact) mass is 482 g/mol. The normalized spacial score (nSPS) is 12.0. The summed E-state index contributed by atoms with van der Waals surface area (Å²) in [5, 5.41) is 2.89. The van der Waals surface area contributed by atoms with Crippen LogP contribution in [-0.4, -0.2) is 34.3 Å². The zero-order valence-electron chi connectivity index (χ0n) is 19.8. The first-order valence-corrected chi connectivity index (χ1v) is 12.7. The number of hydrogen-bond acceptors (Lipinski definition) is 5. The lowest BCUT2D eigenvalue weighted by Gasteiger charge is -2.23. The molecular weight excluding hydrogens is 452 g/mol. The van der Waals surface area contributed by atoms with Gasteiger partial charge in [-0.2, -0.15) is 0 Å². The van der Waals surface area contributed by atoms with E-state index in [1.165, 1.54) is 10.6 Å². The van der Waals surface area contributed by atoms with Crippen LogP contribution in [0.25, 0.3) is 0 Å². The molecule has 0 spiro atoms. The van der Waals surface area contributed by atoms with Gasteiger partial charge in [-0.1, -0.05) is 42.0 Å². The summed E-state index contributed by atoms with van der Waals surface area (Å²) < 4.78 is 36.9. The number of amides is 1. The van der Waals surface area contributed by atoms with Crippen LogP contribution in [0.15, 0.2) is 72.8 Å². The third-order valence-electron chi connectivity index (χ3n) is 5.34. The van der Waals surface area contributed by atoms with E-state index in [1.807, 2.05) is 62.4 Å². The molecule has 1 N–H and O–H groups in total. The molecule has 0 aliphatic rings. The maximum Gasteiger partial charge on any atom is 0.258 e. The summed E-state index contributed by atoms with van der Waals surface area (Å²) in [7, 11) is -1.88. The molecular formula is C26H30N2O5S. The molecule has 0 bridgehead atoms. The second-order valence-electron chi connectivity index (χ2n) is 8.10. The maximum atomic E-state index is 12.4. The van der Waals surface area contributed by atoms with Gasteiger partial charge in [-0.05, 0) is 61.4 Å². The molecule has 34 heavy (non-hydrogen) atoms. The van der Waals surface area contributed by atoms with Crippen molar-refractivity contribution in [1.29, 1.82) is 0 Å². The molecule has 0 fully saturated rings. The molecule has 0 aliphatic carbocycles. The minimum Gasteiger partial charge on any atom is -0.497 e. The molecule has 180 valence electrons. The lowest BCUT2D eigenvalue weighted by molar-refractivity contribution is -0.123. The highest BCUT2D eigenvalue weighted by Crippen LogP contribution is 2.24. The number of benzene rings is 3. The van der Waals surface area contributed by atoms with Crippen molar-refractivity contribution >= 4 is 21.6 Å². The highest BCUT2D eigenvalue weighted by atomic mass is 32.2. The van der Waals surface area contributed by atoms with Gasteiger partial charge >= 0.3 is 0 Å². The Labute approximate surface area is 201 Å². The van der Waals surface area contributed by atoms with Gasteiger partial charge < -0.3 is 14.8 Å². The van der Waals surface area contributed by atoms with Crippen molar-refractivity contribution in [2.45, 2.75) is 26.4 Å². The van der Waals surface area contributed by atoms with Crippen molar-refractivity contribution in [1.82, 2.24) is 5.32 Å². The number of carbonyl (C=O) groups excluding carboxylic acids is 1. The third kappa shape index (κ3) is 6.99. The molecule has 8 heteroatoms. The molecule has 7 nitrogen and oxygen atoms in total. The Bertz CT molecular complexity index is 1190. The molecule has 0 aliphatic heterocycles. The van der Waals surface area contributed by atoms with Crippen molar-refractivity contribution in [3.8, 4) is 11.5 Å². The van der Waals surface area contributed by atoms with E-state index in [0.29, 0.717) is 11.4 Å². The lowest BCUT2D eigenvalue weighted by atomic mass is 10.1. The van der Waals surface area contributed by atoms with Gasteiger partial charge in [0.2, 0.25) is 10.0 Å². The minimum atomic E-state index is -3.49. The summed E-state index contributed by atoms with van der Waals surface area (Å²) in [6.07, 6.45) is 1.18. The minimum absolute atomic E-state index is 0.154. The van der Waals surface area contributed by atoms with E-state index in [2.05, 4.69) is 5.32 Å². The second kappa shape index (κ2) is 11.1. The SMILES string of the molecule is COc1ccc(C(C)NC(=O)COc2ccc(N(Cc3ccc(C)cc3)S(C)(=O)=O)cc2)cc1. The molecule has 1 unspecified atom stereocenters. The van der Waals surface area contributed by atoms with E-state index >= 15 is 0 Å². The topological polar surface area (TPSA) is 84.9 Å². The number of anilines is 1. The molecule has 0 saturated carbocycles. The maximum absolute atomic E-state index is 12.4. The summed E-state index contributed by atoms with van der Waals surface area (Å²) in [5.74, 6) is 0.965. The van der Waals surface area contributed by atoms with Gasteiger partial charge in [-0.15, -0.1) is 0 Å². The number of carbonyl (C=O) groups is 1. The molecule has 3 aromatic rings. The summed E-state index contributed by atoms with van der Waals surface area (Å²) >= 11 is 0. The summed E-state index contributed by atoms with van der Waals surface area (Å²) in [5.41, 5.74) is 3.47. The van der Waals surface area contributed by atoms with Crippen LogP contribution in [-0.2, 0) is 21.4 Å². The first kappa shape index (κ1) is 25.1. The van der Waals surface area contributed by atoms with Gasteiger partial charge in [0.1, 0.15) is 11.5 Å². The first-order valence-electron chi connectivity index (χ1n) is 10.8. The van der Waals surface area contributed by atoms with Crippen LogP contribution >= 0.6 is 0 Å². The van der Waals surface area contributed by atoms with E-state index in [4.69, 9.17) is 9.47 Å². The predicted molar refractivity (Wildman–Crippen MR) is 134 cm³/mol. The highest BCUT2D eigenvalue weighted by Gasteiger charge is 2.18. The van der Waals surface area contributed by atoms with Crippen LogP contribution in [0, 0.1) is 6.92 Å². The number of ether oxygens (including phenoxy) is 2. The fourth-order valence-electron chi connectivity index (χ4n) is 3.38. The number of hydrogen-bond donors (Lipinski definition) is 1. The zero-order valence-corrected chi connectivity index (χ0v) is 20.6. The van der Waals surface area contributed by atoms with E-state index in [9.17, 15) is 13.2 Å². The number of aryl methyl sites for hydroxylation is 1. The summed E-state index contributed by atoms with van der Waals surface area (Å²) in [6, 6.07) is 21.7. The number of rotatable bonds is 10. The van der Waals surface area contributed by atoms with Crippen LogP contribution < -0.4 is 19.1 Å². The van der Waals surface area contributed by atoms with Crippen molar-refractivity contribution < 1.29 is 22.7 Å². The van der Waals surface area contributed by atoms with Gasteiger partial charge in [0.05, 0.1) is 31.6 Å². The standard InChI is InChI=1S/C26H30N2O5S/c1-19-5-7-21(8-6-19)17-28(34(4,30)31)23-11-15-25(16-12-23)33-18-26(29)27-20(2)22-9-13-24(32-3)14-10-22/h5-16,20H,17-18H2,1-4H3,(H,27,29). The fourth-order valence-corrected chi connectivity index (χ4v) is 4.26. The van der Waals surface area contributed by atoms with E-state index in [-0.39, 0.29) is 25.1 Å². The van der Waals surface area contributed by atoms with Crippen molar-refractivity contribution in [3.05, 3.63) is 89.5 Å². The number of methoxy groups -OCH3 is 1. The van der Waals surface area contributed by atoms with E-state index in [1.54, 1.807) is 31.4 Å². The largest absolute Gasteiger partial charge is 0.497 e. The Morgan fingerprint density at radius 1 is 0.941 bits per heavy atom. The smallest absolute Gasteiger partial charge is 0.258 e. The summed E-state index contributed by atoms with van der Waals surface area (Å²) in [4.78, 5) is 12.3. The first-order chi connectivity index (χ1) is 16.2. The Balaban J connectivity index is 1.59. The average Bonchev–Trinajstić information content (AvgIpc) is 2.82. The second-order valence-corrected chi connectivity index (χ2v) is 10.0. The highest BCUT2D eigenvalue weighted by molar-refractivity contribution is 7.92. The summed E-state index contributed by atoms with van der Waals surface area (Å²) in [6.45, 7) is 3.95. The fraction of sp³-hybridized carbons (Fsp3) is 0.269. The molecule has 0 radical (unpaired) electrons. The molecule has 1 atom stereocenters. The van der Waals surface area contributed by atoms with Crippen LogP contribution in [0.3, 0.4) is 0 Å².